The van der Waals surface area contributed by atoms with Crippen LogP contribution in [0.2, 0.25) is 0 Å². The average molecular weight is 344 g/mol. The van der Waals surface area contributed by atoms with Crippen molar-refractivity contribution in [3.05, 3.63) is 53.7 Å². The zero-order valence-electron chi connectivity index (χ0n) is 14.3. The Kier molecular flexibility index (Phi) is 5.67. The molecule has 134 valence electrons. The van der Waals surface area contributed by atoms with Crippen LogP contribution >= 0.6 is 0 Å². The molecule has 2 atom stereocenters. The van der Waals surface area contributed by atoms with E-state index < -0.39 is 0 Å². The van der Waals surface area contributed by atoms with Gasteiger partial charge >= 0.3 is 6.03 Å². The van der Waals surface area contributed by atoms with Crippen LogP contribution in [0.15, 0.2) is 41.1 Å². The van der Waals surface area contributed by atoms with Gasteiger partial charge in [-0.15, -0.1) is 0 Å². The summed E-state index contributed by atoms with van der Waals surface area (Å²) in [6, 6.07) is 10.0. The lowest BCUT2D eigenvalue weighted by Gasteiger charge is -2.24. The molecule has 0 bridgehead atoms. The van der Waals surface area contributed by atoms with Crippen LogP contribution in [-0.2, 0) is 13.1 Å². The lowest BCUT2D eigenvalue weighted by atomic mass is 10.1. The standard InChI is InChI=1S/C18H24N4O3/c1-13-17(21-12-25-13)9-20-18(24)19-8-15-7-16(23)11-22(15)10-14-5-3-2-4-6-14/h2-6,12,15-16,23H,7-11H2,1H3,(H2,19,20,24). The molecule has 0 radical (unpaired) electrons. The fraction of sp³-hybridized carbons (Fsp3) is 0.444. The summed E-state index contributed by atoms with van der Waals surface area (Å²) in [6.45, 7) is 4.02. The first-order chi connectivity index (χ1) is 12.1. The number of benzene rings is 1. The summed E-state index contributed by atoms with van der Waals surface area (Å²) >= 11 is 0. The second kappa shape index (κ2) is 8.13. The van der Waals surface area contributed by atoms with Crippen molar-refractivity contribution in [2.24, 2.45) is 0 Å². The van der Waals surface area contributed by atoms with Gasteiger partial charge in [0.05, 0.1) is 12.6 Å². The number of nitrogens with zero attached hydrogens (tertiary/aromatic N) is 2. The molecule has 2 unspecified atom stereocenters. The summed E-state index contributed by atoms with van der Waals surface area (Å²) < 4.78 is 5.10. The van der Waals surface area contributed by atoms with Crippen molar-refractivity contribution in [3.63, 3.8) is 0 Å². The van der Waals surface area contributed by atoms with Crippen LogP contribution in [0.1, 0.15) is 23.4 Å². The first kappa shape index (κ1) is 17.4. The molecule has 25 heavy (non-hydrogen) atoms. The molecule has 0 spiro atoms. The van der Waals surface area contributed by atoms with Gasteiger partial charge in [0.15, 0.2) is 6.39 Å². The van der Waals surface area contributed by atoms with E-state index in [2.05, 4.69) is 32.7 Å². The maximum Gasteiger partial charge on any atom is 0.315 e. The zero-order valence-corrected chi connectivity index (χ0v) is 14.3. The van der Waals surface area contributed by atoms with Crippen molar-refractivity contribution in [1.29, 1.82) is 0 Å². The number of hydrogen-bond acceptors (Lipinski definition) is 5. The second-order valence-corrected chi connectivity index (χ2v) is 6.38. The van der Waals surface area contributed by atoms with Gasteiger partial charge in [0.2, 0.25) is 0 Å². The molecular weight excluding hydrogens is 320 g/mol. The number of nitrogens with one attached hydrogen (secondary N) is 2. The van der Waals surface area contributed by atoms with E-state index in [4.69, 9.17) is 4.42 Å². The monoisotopic (exact) mass is 344 g/mol. The highest BCUT2D eigenvalue weighted by Gasteiger charge is 2.30. The number of aliphatic hydroxyl groups excluding tert-OH is 1. The fourth-order valence-corrected chi connectivity index (χ4v) is 3.12. The SMILES string of the molecule is Cc1ocnc1CNC(=O)NCC1CC(O)CN1Cc1ccccc1. The van der Waals surface area contributed by atoms with Crippen molar-refractivity contribution in [2.45, 2.75) is 38.6 Å². The summed E-state index contributed by atoms with van der Waals surface area (Å²) in [5.74, 6) is 0.702. The number of rotatable bonds is 6. The highest BCUT2D eigenvalue weighted by Crippen LogP contribution is 2.20. The molecule has 0 aliphatic carbocycles. The molecule has 1 aliphatic heterocycles. The van der Waals surface area contributed by atoms with E-state index in [0.717, 1.165) is 12.2 Å². The first-order valence-corrected chi connectivity index (χ1v) is 8.48. The Morgan fingerprint density at radius 1 is 1.36 bits per heavy atom. The molecule has 7 nitrogen and oxygen atoms in total. The molecule has 1 saturated heterocycles. The lowest BCUT2D eigenvalue weighted by molar-refractivity contribution is 0.172. The molecule has 0 saturated carbocycles. The van der Waals surface area contributed by atoms with Crippen LogP contribution < -0.4 is 10.6 Å². The predicted molar refractivity (Wildman–Crippen MR) is 92.7 cm³/mol. The van der Waals surface area contributed by atoms with Crippen LogP contribution in [-0.4, -0.2) is 46.3 Å². The number of aromatic nitrogens is 1. The van der Waals surface area contributed by atoms with Crippen molar-refractivity contribution in [2.75, 3.05) is 13.1 Å². The van der Waals surface area contributed by atoms with Crippen LogP contribution in [0, 0.1) is 6.92 Å². The Morgan fingerprint density at radius 2 is 2.16 bits per heavy atom. The summed E-state index contributed by atoms with van der Waals surface area (Å²) in [5.41, 5.74) is 1.92. The van der Waals surface area contributed by atoms with E-state index in [1.165, 1.54) is 12.0 Å². The van der Waals surface area contributed by atoms with Crippen molar-refractivity contribution >= 4 is 6.03 Å². The topological polar surface area (TPSA) is 90.6 Å². The fourth-order valence-electron chi connectivity index (χ4n) is 3.12. The van der Waals surface area contributed by atoms with Gasteiger partial charge in [-0.1, -0.05) is 30.3 Å². The van der Waals surface area contributed by atoms with E-state index in [9.17, 15) is 9.90 Å². The van der Waals surface area contributed by atoms with E-state index in [-0.39, 0.29) is 18.2 Å². The Hall–Kier alpha value is -2.38. The van der Waals surface area contributed by atoms with Crippen LogP contribution in [0.5, 0.6) is 0 Å². The van der Waals surface area contributed by atoms with Gasteiger partial charge < -0.3 is 20.2 Å². The molecule has 2 aromatic rings. The Balaban J connectivity index is 1.47. The molecule has 1 aliphatic rings. The average Bonchev–Trinajstić information content (AvgIpc) is 3.17. The third-order valence-electron chi connectivity index (χ3n) is 4.49. The number of urea groups is 1. The van der Waals surface area contributed by atoms with Crippen molar-refractivity contribution in [3.8, 4) is 0 Å². The Labute approximate surface area is 147 Å². The molecule has 2 heterocycles. The second-order valence-electron chi connectivity index (χ2n) is 6.38. The van der Waals surface area contributed by atoms with Gasteiger partial charge in [-0.05, 0) is 18.9 Å². The summed E-state index contributed by atoms with van der Waals surface area (Å²) in [7, 11) is 0. The molecular formula is C18H24N4O3. The highest BCUT2D eigenvalue weighted by molar-refractivity contribution is 5.73. The van der Waals surface area contributed by atoms with Crippen molar-refractivity contribution < 1.29 is 14.3 Å². The molecule has 3 N–H and O–H groups in total. The minimum atomic E-state index is -0.351. The lowest BCUT2D eigenvalue weighted by Crippen LogP contribution is -2.43. The number of β-amino-alcohol motifs (C(OH)–C–C–N with tert-alkyl or cyclic N) is 1. The summed E-state index contributed by atoms with van der Waals surface area (Å²) in [4.78, 5) is 18.2. The minimum Gasteiger partial charge on any atom is -0.448 e. The van der Waals surface area contributed by atoms with Gasteiger partial charge in [-0.25, -0.2) is 9.78 Å². The van der Waals surface area contributed by atoms with Gasteiger partial charge in [-0.3, -0.25) is 4.90 Å². The van der Waals surface area contributed by atoms with E-state index in [0.29, 0.717) is 31.8 Å². The summed E-state index contributed by atoms with van der Waals surface area (Å²) in [6.07, 6.45) is 1.68. The van der Waals surface area contributed by atoms with Gasteiger partial charge in [0, 0.05) is 25.7 Å². The number of amides is 2. The Bertz CT molecular complexity index is 689. The van der Waals surface area contributed by atoms with Crippen LogP contribution in [0.25, 0.3) is 0 Å². The minimum absolute atomic E-state index is 0.120. The largest absolute Gasteiger partial charge is 0.448 e. The van der Waals surface area contributed by atoms with Gasteiger partial charge in [0.1, 0.15) is 11.5 Å². The molecule has 7 heteroatoms. The van der Waals surface area contributed by atoms with Gasteiger partial charge in [0.25, 0.3) is 0 Å². The Morgan fingerprint density at radius 3 is 2.88 bits per heavy atom. The third-order valence-corrected chi connectivity index (χ3v) is 4.49. The third kappa shape index (κ3) is 4.80. The van der Waals surface area contributed by atoms with Crippen LogP contribution in [0.3, 0.4) is 0 Å². The normalized spacial score (nSPS) is 20.6. The number of likely N-dealkylation sites (tertiary alicyclic amines) is 1. The highest BCUT2D eigenvalue weighted by atomic mass is 16.3. The molecule has 1 aromatic carbocycles. The van der Waals surface area contributed by atoms with Crippen molar-refractivity contribution in [1.82, 2.24) is 20.5 Å². The molecule has 1 fully saturated rings. The maximum absolute atomic E-state index is 12.0. The molecule has 3 rings (SSSR count). The molecule has 1 aromatic heterocycles. The predicted octanol–water partition coefficient (Wildman–Crippen LogP) is 1.42. The maximum atomic E-state index is 12.0. The number of carbonyl (C=O) groups excluding carboxylic acids is 1. The summed E-state index contributed by atoms with van der Waals surface area (Å²) in [5, 5.41) is 15.6. The number of aliphatic hydroxyl groups is 1. The number of oxazole rings is 1. The number of hydrogen-bond donors (Lipinski definition) is 3. The van der Waals surface area contributed by atoms with Gasteiger partial charge in [-0.2, -0.15) is 0 Å². The number of carbonyl (C=O) groups is 1. The van der Waals surface area contributed by atoms with E-state index in [1.54, 1.807) is 0 Å². The zero-order chi connectivity index (χ0) is 17.6. The number of aryl methyl sites for hydroxylation is 1. The quantitative estimate of drug-likeness (QED) is 0.737. The van der Waals surface area contributed by atoms with E-state index >= 15 is 0 Å². The smallest absolute Gasteiger partial charge is 0.315 e. The van der Waals surface area contributed by atoms with E-state index in [1.807, 2.05) is 25.1 Å². The van der Waals surface area contributed by atoms with Crippen LogP contribution in [0.4, 0.5) is 4.79 Å². The first-order valence-electron chi connectivity index (χ1n) is 8.48. The molecule has 2 amide bonds.